The summed E-state index contributed by atoms with van der Waals surface area (Å²) < 4.78 is 12.1. The first-order valence-electron chi connectivity index (χ1n) is 10.9. The lowest BCUT2D eigenvalue weighted by Crippen LogP contribution is -2.14. The number of aromatic carboxylic acids is 2. The van der Waals surface area contributed by atoms with E-state index in [1.54, 1.807) is 31.2 Å². The molecule has 0 atom stereocenters. The smallest absolute Gasteiger partial charge is 0.335 e. The molecule has 3 rings (SSSR count). The van der Waals surface area contributed by atoms with Crippen molar-refractivity contribution in [2.75, 3.05) is 11.9 Å². The molecule has 0 bridgehead atoms. The number of carboxylic acids is 2. The molecule has 0 spiro atoms. The topological polar surface area (TPSA) is 146 Å². The highest BCUT2D eigenvalue weighted by molar-refractivity contribution is 9.10. The Balaban J connectivity index is 1.82. The van der Waals surface area contributed by atoms with Crippen LogP contribution in [-0.4, -0.2) is 34.7 Å². The summed E-state index contributed by atoms with van der Waals surface area (Å²) in [4.78, 5) is 34.8. The van der Waals surface area contributed by atoms with E-state index in [2.05, 4.69) is 21.2 Å². The normalized spacial score (nSPS) is 10.8. The van der Waals surface area contributed by atoms with Crippen LogP contribution in [0.1, 0.15) is 38.8 Å². The van der Waals surface area contributed by atoms with Crippen LogP contribution in [0.3, 0.4) is 0 Å². The van der Waals surface area contributed by atoms with Crippen LogP contribution in [0.25, 0.3) is 6.08 Å². The Hall–Kier alpha value is -4.62. The molecule has 0 saturated carbocycles. The lowest BCUT2D eigenvalue weighted by molar-refractivity contribution is -0.112. The van der Waals surface area contributed by atoms with E-state index in [4.69, 9.17) is 19.7 Å². The van der Waals surface area contributed by atoms with Gasteiger partial charge in [-0.3, -0.25) is 4.79 Å². The first kappa shape index (κ1) is 27.0. The fourth-order valence-corrected chi connectivity index (χ4v) is 3.79. The predicted octanol–water partition coefficient (Wildman–Crippen LogP) is 5.37. The molecule has 3 N–H and O–H groups in total. The third-order valence-corrected chi connectivity index (χ3v) is 5.55. The Morgan fingerprint density at radius 2 is 1.70 bits per heavy atom. The van der Waals surface area contributed by atoms with E-state index >= 15 is 0 Å². The van der Waals surface area contributed by atoms with Gasteiger partial charge in [-0.1, -0.05) is 18.2 Å². The van der Waals surface area contributed by atoms with Gasteiger partial charge in [0.05, 0.1) is 22.2 Å². The number of nitrogens with zero attached hydrogens (tertiary/aromatic N) is 1. The average molecular weight is 565 g/mol. The van der Waals surface area contributed by atoms with Crippen LogP contribution in [0.2, 0.25) is 0 Å². The molecule has 0 radical (unpaired) electrons. The highest BCUT2D eigenvalue weighted by Gasteiger charge is 2.15. The number of halogens is 1. The zero-order valence-corrected chi connectivity index (χ0v) is 21.1. The quantitative estimate of drug-likeness (QED) is 0.220. The summed E-state index contributed by atoms with van der Waals surface area (Å²) in [5.74, 6) is -2.09. The number of anilines is 1. The molecule has 10 heteroatoms. The number of hydrogen-bond acceptors (Lipinski definition) is 6. The molecule has 0 aliphatic heterocycles. The molecule has 3 aromatic carbocycles. The number of hydrogen-bond donors (Lipinski definition) is 3. The zero-order chi connectivity index (χ0) is 26.9. The zero-order valence-electron chi connectivity index (χ0n) is 19.5. The van der Waals surface area contributed by atoms with Crippen LogP contribution >= 0.6 is 15.9 Å². The molecule has 0 unspecified atom stereocenters. The van der Waals surface area contributed by atoms with Crippen molar-refractivity contribution < 1.29 is 34.1 Å². The van der Waals surface area contributed by atoms with Gasteiger partial charge >= 0.3 is 11.9 Å². The second-order valence-corrected chi connectivity index (χ2v) is 8.42. The molecule has 0 saturated heterocycles. The molecule has 0 aliphatic carbocycles. The van der Waals surface area contributed by atoms with E-state index in [1.807, 2.05) is 6.07 Å². The Morgan fingerprint density at radius 1 is 1.00 bits per heavy atom. The van der Waals surface area contributed by atoms with E-state index in [0.717, 1.165) is 5.56 Å². The van der Waals surface area contributed by atoms with Gasteiger partial charge in [0.15, 0.2) is 11.5 Å². The van der Waals surface area contributed by atoms with Crippen LogP contribution in [0.4, 0.5) is 5.69 Å². The standard InChI is InChI=1S/C27H21BrN2O7/c1-2-36-23-12-17(10-20(14-29)25(31)30-21-5-3-4-19(13-21)27(34)35)11-22(28)24(23)37-15-16-6-8-18(9-7-16)26(32)33/h3-13H,2,15H2,1H3,(H,30,31)(H,32,33)(H,34,35)/b20-10-. The number of ether oxygens (including phenoxy) is 2. The first-order chi connectivity index (χ1) is 17.7. The van der Waals surface area contributed by atoms with Gasteiger partial charge in [0.25, 0.3) is 5.91 Å². The summed E-state index contributed by atoms with van der Waals surface area (Å²) in [6, 6.07) is 17.1. The van der Waals surface area contributed by atoms with Crippen molar-refractivity contribution in [2.24, 2.45) is 0 Å². The number of rotatable bonds is 10. The van der Waals surface area contributed by atoms with E-state index in [1.165, 1.54) is 42.5 Å². The fraction of sp³-hybridized carbons (Fsp3) is 0.111. The minimum Gasteiger partial charge on any atom is -0.490 e. The van der Waals surface area contributed by atoms with Crippen LogP contribution in [0, 0.1) is 11.3 Å². The third kappa shape index (κ3) is 7.19. The predicted molar refractivity (Wildman–Crippen MR) is 139 cm³/mol. The molecule has 0 aromatic heterocycles. The number of nitrogens with one attached hydrogen (secondary N) is 1. The van der Waals surface area contributed by atoms with Crippen LogP contribution < -0.4 is 14.8 Å². The molecule has 1 amide bonds. The number of carboxylic acid groups (broad SMARTS) is 2. The minimum atomic E-state index is -1.14. The van der Waals surface area contributed by atoms with Crippen LogP contribution in [-0.2, 0) is 11.4 Å². The monoisotopic (exact) mass is 564 g/mol. The Morgan fingerprint density at radius 3 is 2.32 bits per heavy atom. The summed E-state index contributed by atoms with van der Waals surface area (Å²) in [5, 5.41) is 30.2. The summed E-state index contributed by atoms with van der Waals surface area (Å²) in [7, 11) is 0. The number of nitriles is 1. The summed E-state index contributed by atoms with van der Waals surface area (Å²) >= 11 is 3.45. The summed E-state index contributed by atoms with van der Waals surface area (Å²) in [6.07, 6.45) is 1.37. The van der Waals surface area contributed by atoms with Crippen molar-refractivity contribution in [3.63, 3.8) is 0 Å². The maximum Gasteiger partial charge on any atom is 0.335 e. The molecule has 0 heterocycles. The number of benzene rings is 3. The van der Waals surface area contributed by atoms with Crippen LogP contribution in [0.5, 0.6) is 11.5 Å². The number of carbonyl (C=O) groups is 3. The van der Waals surface area contributed by atoms with E-state index < -0.39 is 17.8 Å². The van der Waals surface area contributed by atoms with Crippen molar-refractivity contribution in [1.82, 2.24) is 0 Å². The SMILES string of the molecule is CCOc1cc(/C=C(/C#N)C(=O)Nc2cccc(C(=O)O)c2)cc(Br)c1OCc1ccc(C(=O)O)cc1. The molecule has 3 aromatic rings. The summed E-state index contributed by atoms with van der Waals surface area (Å²) in [5.41, 5.74) is 1.44. The molecule has 37 heavy (non-hydrogen) atoms. The maximum atomic E-state index is 12.7. The second kappa shape index (κ2) is 12.4. The molecular weight excluding hydrogens is 544 g/mol. The fourth-order valence-electron chi connectivity index (χ4n) is 3.22. The van der Waals surface area contributed by atoms with Gasteiger partial charge in [-0.2, -0.15) is 5.26 Å². The van der Waals surface area contributed by atoms with Crippen LogP contribution in [0.15, 0.2) is 70.7 Å². The van der Waals surface area contributed by atoms with Crippen molar-refractivity contribution in [3.8, 4) is 17.6 Å². The average Bonchev–Trinajstić information content (AvgIpc) is 2.87. The minimum absolute atomic E-state index is 0.000934. The van der Waals surface area contributed by atoms with Gasteiger partial charge in [-0.25, -0.2) is 9.59 Å². The van der Waals surface area contributed by atoms with Crippen molar-refractivity contribution in [1.29, 1.82) is 5.26 Å². The Bertz CT molecular complexity index is 1410. The van der Waals surface area contributed by atoms with Crippen molar-refractivity contribution >= 4 is 45.5 Å². The van der Waals surface area contributed by atoms with Gasteiger partial charge < -0.3 is 25.0 Å². The Labute approximate surface area is 220 Å². The molecule has 0 aliphatic rings. The van der Waals surface area contributed by atoms with Gasteiger partial charge in [0, 0.05) is 5.69 Å². The highest BCUT2D eigenvalue weighted by atomic mass is 79.9. The Kier molecular flexibility index (Phi) is 9.02. The number of amides is 1. The first-order valence-corrected chi connectivity index (χ1v) is 11.7. The highest BCUT2D eigenvalue weighted by Crippen LogP contribution is 2.38. The lowest BCUT2D eigenvalue weighted by atomic mass is 10.1. The molecule has 0 fully saturated rings. The molecular formula is C27H21BrN2O7. The van der Waals surface area contributed by atoms with Gasteiger partial charge in [-0.05, 0) is 82.5 Å². The van der Waals surface area contributed by atoms with E-state index in [-0.39, 0.29) is 29.0 Å². The number of carbonyl (C=O) groups excluding carboxylic acids is 1. The lowest BCUT2D eigenvalue weighted by Gasteiger charge is -2.15. The van der Waals surface area contributed by atoms with Gasteiger partial charge in [0.1, 0.15) is 18.2 Å². The largest absolute Gasteiger partial charge is 0.490 e. The molecule has 9 nitrogen and oxygen atoms in total. The third-order valence-electron chi connectivity index (χ3n) is 4.96. The molecule has 188 valence electrons. The van der Waals surface area contributed by atoms with Gasteiger partial charge in [0.2, 0.25) is 0 Å². The van der Waals surface area contributed by atoms with Crippen molar-refractivity contribution in [3.05, 3.63) is 93.0 Å². The van der Waals surface area contributed by atoms with Crippen molar-refractivity contribution in [2.45, 2.75) is 13.5 Å². The summed E-state index contributed by atoms with van der Waals surface area (Å²) in [6.45, 7) is 2.27. The second-order valence-electron chi connectivity index (χ2n) is 7.56. The van der Waals surface area contributed by atoms with E-state index in [0.29, 0.717) is 28.1 Å². The van der Waals surface area contributed by atoms with Gasteiger partial charge in [-0.15, -0.1) is 0 Å². The van der Waals surface area contributed by atoms with E-state index in [9.17, 15) is 19.6 Å². The maximum absolute atomic E-state index is 12.7.